The molecule has 0 radical (unpaired) electrons. The minimum Gasteiger partial charge on any atom is -0.339 e. The van der Waals surface area contributed by atoms with Crippen molar-refractivity contribution in [2.24, 2.45) is 11.8 Å². The van der Waals surface area contributed by atoms with Crippen LogP contribution in [0.2, 0.25) is 0 Å². The van der Waals surface area contributed by atoms with Crippen LogP contribution in [0, 0.1) is 5.92 Å². The Kier molecular flexibility index (Phi) is 4.95. The third-order valence-corrected chi connectivity index (χ3v) is 4.11. The smallest absolute Gasteiger partial charge is 0.254 e. The molecule has 1 saturated heterocycles. The van der Waals surface area contributed by atoms with E-state index in [0.717, 1.165) is 44.0 Å². The lowest BCUT2D eigenvalue weighted by atomic mass is 9.94. The van der Waals surface area contributed by atoms with Gasteiger partial charge in [-0.3, -0.25) is 4.79 Å². The van der Waals surface area contributed by atoms with Gasteiger partial charge in [-0.05, 0) is 37.3 Å². The number of piperidine rings is 1. The van der Waals surface area contributed by atoms with Crippen LogP contribution in [0.15, 0.2) is 12.1 Å². The van der Waals surface area contributed by atoms with Gasteiger partial charge < -0.3 is 10.3 Å². The summed E-state index contributed by atoms with van der Waals surface area (Å²) in [6.45, 7) is 5.94. The Morgan fingerprint density at radius 1 is 1.40 bits per heavy atom. The van der Waals surface area contributed by atoms with Gasteiger partial charge in [0.2, 0.25) is 0 Å². The van der Waals surface area contributed by atoms with E-state index in [1.807, 2.05) is 17.9 Å². The molecule has 5 nitrogen and oxygen atoms in total. The number of aryl methyl sites for hydroxylation is 1. The number of aromatic nitrogens is 1. The second-order valence-electron chi connectivity index (χ2n) is 5.37. The summed E-state index contributed by atoms with van der Waals surface area (Å²) in [6.07, 6.45) is 4.21. The van der Waals surface area contributed by atoms with Crippen LogP contribution in [0.4, 0.5) is 5.82 Å². The first kappa shape index (κ1) is 14.8. The van der Waals surface area contributed by atoms with Crippen molar-refractivity contribution in [1.29, 1.82) is 0 Å². The molecule has 2 rings (SSSR count). The highest BCUT2D eigenvalue weighted by Crippen LogP contribution is 2.22. The number of hydrogen-bond donors (Lipinski definition) is 2. The number of carbonyl (C=O) groups excluding carboxylic acids is 1. The van der Waals surface area contributed by atoms with E-state index in [-0.39, 0.29) is 5.91 Å². The van der Waals surface area contributed by atoms with Crippen molar-refractivity contribution < 1.29 is 4.79 Å². The highest BCUT2D eigenvalue weighted by Gasteiger charge is 2.23. The molecule has 0 atom stereocenters. The van der Waals surface area contributed by atoms with Crippen LogP contribution < -0.4 is 11.3 Å². The van der Waals surface area contributed by atoms with E-state index in [4.69, 9.17) is 5.84 Å². The predicted octanol–water partition coefficient (Wildman–Crippen LogP) is 2.19. The molecule has 0 aliphatic carbocycles. The highest BCUT2D eigenvalue weighted by molar-refractivity contribution is 5.95. The second-order valence-corrected chi connectivity index (χ2v) is 5.37. The van der Waals surface area contributed by atoms with E-state index < -0.39 is 0 Å². The van der Waals surface area contributed by atoms with Crippen LogP contribution in [0.25, 0.3) is 0 Å². The summed E-state index contributed by atoms with van der Waals surface area (Å²) in [5.74, 6) is 6.83. The zero-order chi connectivity index (χ0) is 14.5. The van der Waals surface area contributed by atoms with Crippen LogP contribution in [0.1, 0.15) is 49.2 Å². The third kappa shape index (κ3) is 3.28. The van der Waals surface area contributed by atoms with Crippen molar-refractivity contribution in [1.82, 2.24) is 9.88 Å². The number of amides is 1. The lowest BCUT2D eigenvalue weighted by Gasteiger charge is -2.31. The third-order valence-electron chi connectivity index (χ3n) is 4.11. The van der Waals surface area contributed by atoms with Crippen molar-refractivity contribution in [3.8, 4) is 0 Å². The van der Waals surface area contributed by atoms with Gasteiger partial charge in [-0.15, -0.1) is 0 Å². The maximum atomic E-state index is 12.6. The first-order valence-corrected chi connectivity index (χ1v) is 7.44. The van der Waals surface area contributed by atoms with Crippen molar-refractivity contribution >= 4 is 11.7 Å². The molecule has 0 bridgehead atoms. The lowest BCUT2D eigenvalue weighted by molar-refractivity contribution is 0.0688. The number of hydrogen-bond acceptors (Lipinski definition) is 4. The quantitative estimate of drug-likeness (QED) is 0.653. The van der Waals surface area contributed by atoms with E-state index in [2.05, 4.69) is 17.3 Å². The summed E-state index contributed by atoms with van der Waals surface area (Å²) >= 11 is 0. The first-order chi connectivity index (χ1) is 9.67. The fourth-order valence-corrected chi connectivity index (χ4v) is 2.69. The van der Waals surface area contributed by atoms with Gasteiger partial charge in [0.25, 0.3) is 5.91 Å². The first-order valence-electron chi connectivity index (χ1n) is 7.44. The Labute approximate surface area is 120 Å². The minimum absolute atomic E-state index is 0.0909. The standard InChI is InChI=1S/C15H24N4O/c1-3-11-5-7-19(8-6-11)15(20)12-9-13(4-2)17-14(10-12)18-16/h9-11H,3-8,16H2,1-2H3,(H,17,18). The zero-order valence-electron chi connectivity index (χ0n) is 12.4. The van der Waals surface area contributed by atoms with Crippen molar-refractivity contribution in [3.05, 3.63) is 23.4 Å². The maximum Gasteiger partial charge on any atom is 0.254 e. The van der Waals surface area contributed by atoms with Crippen LogP contribution in [0.3, 0.4) is 0 Å². The molecule has 3 N–H and O–H groups in total. The van der Waals surface area contributed by atoms with Gasteiger partial charge in [0, 0.05) is 24.3 Å². The summed E-state index contributed by atoms with van der Waals surface area (Å²) in [4.78, 5) is 18.8. The van der Waals surface area contributed by atoms with E-state index in [9.17, 15) is 4.79 Å². The number of likely N-dealkylation sites (tertiary alicyclic amines) is 1. The summed E-state index contributed by atoms with van der Waals surface area (Å²) in [5.41, 5.74) is 4.10. The summed E-state index contributed by atoms with van der Waals surface area (Å²) < 4.78 is 0. The van der Waals surface area contributed by atoms with Crippen LogP contribution >= 0.6 is 0 Å². The number of nitrogen functional groups attached to an aromatic ring is 1. The van der Waals surface area contributed by atoms with Gasteiger partial charge in [-0.2, -0.15) is 0 Å². The van der Waals surface area contributed by atoms with Crippen LogP contribution in [-0.4, -0.2) is 28.9 Å². The van der Waals surface area contributed by atoms with E-state index >= 15 is 0 Å². The number of nitrogens with one attached hydrogen (secondary N) is 1. The molecule has 0 spiro atoms. The van der Waals surface area contributed by atoms with E-state index in [1.165, 1.54) is 6.42 Å². The Balaban J connectivity index is 2.12. The molecule has 0 aromatic carbocycles. The number of carbonyl (C=O) groups is 1. The largest absolute Gasteiger partial charge is 0.339 e. The molecular formula is C15H24N4O. The average Bonchev–Trinajstić information content (AvgIpc) is 2.53. The van der Waals surface area contributed by atoms with Gasteiger partial charge in [-0.25, -0.2) is 10.8 Å². The summed E-state index contributed by atoms with van der Waals surface area (Å²) in [5, 5.41) is 0. The molecule has 1 aromatic heterocycles. The monoisotopic (exact) mass is 276 g/mol. The maximum absolute atomic E-state index is 12.6. The molecule has 110 valence electrons. The van der Waals surface area contributed by atoms with Gasteiger partial charge in [0.15, 0.2) is 0 Å². The summed E-state index contributed by atoms with van der Waals surface area (Å²) in [6, 6.07) is 3.60. The normalized spacial score (nSPS) is 16.2. The molecule has 5 heteroatoms. The number of hydrazine groups is 1. The highest BCUT2D eigenvalue weighted by atomic mass is 16.2. The SMILES string of the molecule is CCc1cc(C(=O)N2CCC(CC)CC2)cc(NN)n1. The Morgan fingerprint density at radius 2 is 2.10 bits per heavy atom. The molecule has 0 unspecified atom stereocenters. The fraction of sp³-hybridized carbons (Fsp3) is 0.600. The number of nitrogens with two attached hydrogens (primary N) is 1. The molecule has 1 aliphatic rings. The van der Waals surface area contributed by atoms with Crippen molar-refractivity contribution in [2.75, 3.05) is 18.5 Å². The van der Waals surface area contributed by atoms with Crippen LogP contribution in [0.5, 0.6) is 0 Å². The second kappa shape index (κ2) is 6.70. The van der Waals surface area contributed by atoms with Gasteiger partial charge in [0.05, 0.1) is 0 Å². The molecule has 1 aromatic rings. The lowest BCUT2D eigenvalue weighted by Crippen LogP contribution is -2.38. The van der Waals surface area contributed by atoms with Crippen LogP contribution in [-0.2, 0) is 6.42 Å². The molecule has 2 heterocycles. The van der Waals surface area contributed by atoms with Crippen molar-refractivity contribution in [2.45, 2.75) is 39.5 Å². The van der Waals surface area contributed by atoms with Crippen molar-refractivity contribution in [3.63, 3.8) is 0 Å². The Bertz CT molecular complexity index is 445. The van der Waals surface area contributed by atoms with Gasteiger partial charge in [-0.1, -0.05) is 20.3 Å². The molecule has 20 heavy (non-hydrogen) atoms. The average molecular weight is 276 g/mol. The van der Waals surface area contributed by atoms with Gasteiger partial charge in [0.1, 0.15) is 5.82 Å². The molecule has 1 fully saturated rings. The predicted molar refractivity (Wildman–Crippen MR) is 80.3 cm³/mol. The van der Waals surface area contributed by atoms with Gasteiger partial charge >= 0.3 is 0 Å². The number of anilines is 1. The molecule has 0 saturated carbocycles. The number of pyridine rings is 1. The molecule has 1 aliphatic heterocycles. The summed E-state index contributed by atoms with van der Waals surface area (Å²) in [7, 11) is 0. The number of rotatable bonds is 4. The zero-order valence-corrected chi connectivity index (χ0v) is 12.4. The van der Waals surface area contributed by atoms with E-state index in [0.29, 0.717) is 11.4 Å². The van der Waals surface area contributed by atoms with E-state index in [1.54, 1.807) is 6.07 Å². The topological polar surface area (TPSA) is 71.2 Å². The number of nitrogens with zero attached hydrogens (tertiary/aromatic N) is 2. The minimum atomic E-state index is 0.0909. The Hall–Kier alpha value is -1.62. The fourth-order valence-electron chi connectivity index (χ4n) is 2.69. The Morgan fingerprint density at radius 3 is 2.65 bits per heavy atom. The molecule has 1 amide bonds. The molecular weight excluding hydrogens is 252 g/mol.